The number of nitriles is 1. The van der Waals surface area contributed by atoms with Gasteiger partial charge >= 0.3 is 0 Å². The van der Waals surface area contributed by atoms with E-state index in [4.69, 9.17) is 21.9 Å². The van der Waals surface area contributed by atoms with Gasteiger partial charge in [0.1, 0.15) is 10.1 Å². The number of benzene rings is 1. The van der Waals surface area contributed by atoms with Crippen molar-refractivity contribution in [2.45, 2.75) is 6.42 Å². The van der Waals surface area contributed by atoms with E-state index in [1.807, 2.05) is 30.3 Å². The van der Waals surface area contributed by atoms with Crippen molar-refractivity contribution in [1.29, 1.82) is 5.26 Å². The molecule has 0 aliphatic carbocycles. The summed E-state index contributed by atoms with van der Waals surface area (Å²) in [5.41, 5.74) is 3.05. The van der Waals surface area contributed by atoms with Crippen molar-refractivity contribution in [2.24, 2.45) is 0 Å². The zero-order chi connectivity index (χ0) is 19.5. The molecule has 0 atom stereocenters. The summed E-state index contributed by atoms with van der Waals surface area (Å²) in [5, 5.41) is 12.1. The summed E-state index contributed by atoms with van der Waals surface area (Å²) in [6.45, 7) is 0. The number of nitrogens with zero attached hydrogens (tertiary/aromatic N) is 2. The molecule has 0 saturated carbocycles. The quantitative estimate of drug-likeness (QED) is 0.400. The van der Waals surface area contributed by atoms with Gasteiger partial charge in [-0.25, -0.2) is 0 Å². The van der Waals surface area contributed by atoms with Gasteiger partial charge in [0.15, 0.2) is 5.58 Å². The molecule has 1 aromatic carbocycles. The van der Waals surface area contributed by atoms with Crippen molar-refractivity contribution < 1.29 is 9.21 Å². The van der Waals surface area contributed by atoms with Crippen molar-refractivity contribution >= 4 is 51.3 Å². The van der Waals surface area contributed by atoms with Crippen molar-refractivity contribution in [3.05, 3.63) is 70.1 Å². The van der Waals surface area contributed by atoms with E-state index in [0.29, 0.717) is 32.6 Å². The highest BCUT2D eigenvalue weighted by atomic mass is 32.2. The summed E-state index contributed by atoms with van der Waals surface area (Å²) < 4.78 is 6.32. The van der Waals surface area contributed by atoms with Crippen molar-refractivity contribution in [3.63, 3.8) is 0 Å². The highest BCUT2D eigenvalue weighted by Gasteiger charge is 2.22. The zero-order valence-corrected chi connectivity index (χ0v) is 16.0. The average molecular weight is 401 g/mol. The Balaban J connectivity index is 1.65. The Morgan fingerprint density at radius 3 is 2.79 bits per heavy atom. The van der Waals surface area contributed by atoms with E-state index in [1.54, 1.807) is 18.5 Å². The number of aromatic nitrogens is 1. The van der Waals surface area contributed by atoms with E-state index in [9.17, 15) is 4.79 Å². The summed E-state index contributed by atoms with van der Waals surface area (Å²) in [6, 6.07) is 11.5. The lowest BCUT2D eigenvalue weighted by Crippen LogP contribution is -2.17. The molecule has 3 heterocycles. The van der Waals surface area contributed by atoms with Gasteiger partial charge < -0.3 is 9.73 Å². The first kappa shape index (κ1) is 18.0. The second-order valence-corrected chi connectivity index (χ2v) is 7.61. The third-order valence-corrected chi connectivity index (χ3v) is 5.10. The van der Waals surface area contributed by atoms with E-state index in [2.05, 4.69) is 28.2 Å². The molecule has 2 aromatic heterocycles. The average Bonchev–Trinajstić information content (AvgIpc) is 3.24. The number of carbonyl (C=O) groups is 1. The van der Waals surface area contributed by atoms with Crippen LogP contribution in [0.25, 0.3) is 17.0 Å². The van der Waals surface area contributed by atoms with Crippen molar-refractivity contribution in [3.8, 4) is 17.9 Å². The monoisotopic (exact) mass is 401 g/mol. The van der Waals surface area contributed by atoms with Gasteiger partial charge in [0, 0.05) is 29.4 Å². The molecule has 5 nitrogen and oxygen atoms in total. The van der Waals surface area contributed by atoms with Gasteiger partial charge in [-0.2, -0.15) is 5.26 Å². The summed E-state index contributed by atoms with van der Waals surface area (Å²) in [4.78, 5) is 16.5. The minimum atomic E-state index is -0.228. The molecule has 0 spiro atoms. The number of pyridine rings is 1. The Hall–Kier alpha value is -3.39. The molecule has 1 aliphatic heterocycles. The Kier molecular flexibility index (Phi) is 4.94. The van der Waals surface area contributed by atoms with Crippen LogP contribution in [0.5, 0.6) is 0 Å². The predicted octanol–water partition coefficient (Wildman–Crippen LogP) is 3.78. The minimum absolute atomic E-state index is 0.228. The van der Waals surface area contributed by atoms with Crippen LogP contribution in [0.1, 0.15) is 22.5 Å². The first-order chi connectivity index (χ1) is 13.6. The van der Waals surface area contributed by atoms with Crippen LogP contribution in [0.15, 0.2) is 52.0 Å². The van der Waals surface area contributed by atoms with Crippen LogP contribution < -0.4 is 5.32 Å². The zero-order valence-electron chi connectivity index (χ0n) is 14.4. The van der Waals surface area contributed by atoms with Gasteiger partial charge in [-0.15, -0.1) is 0 Å². The molecule has 1 saturated heterocycles. The number of rotatable bonds is 2. The van der Waals surface area contributed by atoms with Crippen LogP contribution in [-0.2, 0) is 11.2 Å². The fourth-order valence-corrected chi connectivity index (χ4v) is 3.65. The van der Waals surface area contributed by atoms with Crippen LogP contribution in [0.2, 0.25) is 0 Å². The standard InChI is InChI=1S/C21H11N3O2S2/c22-8-7-14-3-1-13(2-4-14)5-6-15-11-23-12-16-9-17(26-19(15)16)10-18-20(25)24-21(27)28-18/h1-4,9-12H,7H2,(H,24,25,27). The fraction of sp³-hybridized carbons (Fsp3) is 0.0476. The lowest BCUT2D eigenvalue weighted by atomic mass is 10.1. The van der Waals surface area contributed by atoms with E-state index in [1.165, 1.54) is 11.8 Å². The number of carbonyl (C=O) groups excluding carboxylic acids is 1. The van der Waals surface area contributed by atoms with Gasteiger partial charge in [-0.1, -0.05) is 48.0 Å². The van der Waals surface area contributed by atoms with Crippen LogP contribution in [0, 0.1) is 23.2 Å². The first-order valence-electron chi connectivity index (χ1n) is 8.23. The molecule has 1 fully saturated rings. The third-order valence-electron chi connectivity index (χ3n) is 3.94. The molecule has 1 N–H and O–H groups in total. The molecule has 0 bridgehead atoms. The Morgan fingerprint density at radius 1 is 1.25 bits per heavy atom. The third kappa shape index (κ3) is 3.81. The summed E-state index contributed by atoms with van der Waals surface area (Å²) in [6.07, 6.45) is 5.37. The smallest absolute Gasteiger partial charge is 0.263 e. The fourth-order valence-electron chi connectivity index (χ4n) is 2.63. The Morgan fingerprint density at radius 2 is 2.07 bits per heavy atom. The van der Waals surface area contributed by atoms with E-state index < -0.39 is 0 Å². The second-order valence-electron chi connectivity index (χ2n) is 5.89. The van der Waals surface area contributed by atoms with Crippen LogP contribution in [0.3, 0.4) is 0 Å². The maximum absolute atomic E-state index is 11.8. The Labute approximate surface area is 170 Å². The largest absolute Gasteiger partial charge is 0.455 e. The lowest BCUT2D eigenvalue weighted by molar-refractivity contribution is -0.115. The molecule has 1 aliphatic rings. The van der Waals surface area contributed by atoms with E-state index in [-0.39, 0.29) is 5.91 Å². The minimum Gasteiger partial charge on any atom is -0.455 e. The second kappa shape index (κ2) is 7.69. The molecule has 0 unspecified atom stereocenters. The molecular weight excluding hydrogens is 390 g/mol. The molecule has 0 radical (unpaired) electrons. The maximum Gasteiger partial charge on any atom is 0.263 e. The highest BCUT2D eigenvalue weighted by molar-refractivity contribution is 8.26. The summed E-state index contributed by atoms with van der Waals surface area (Å²) in [7, 11) is 0. The van der Waals surface area contributed by atoms with Gasteiger partial charge in [0.2, 0.25) is 0 Å². The van der Waals surface area contributed by atoms with Gasteiger partial charge in [-0.05, 0) is 23.8 Å². The predicted molar refractivity (Wildman–Crippen MR) is 112 cm³/mol. The topological polar surface area (TPSA) is 78.9 Å². The number of hydrogen-bond acceptors (Lipinski definition) is 6. The Bertz CT molecular complexity index is 1240. The van der Waals surface area contributed by atoms with Crippen molar-refractivity contribution in [1.82, 2.24) is 10.3 Å². The van der Waals surface area contributed by atoms with Gasteiger partial charge in [0.05, 0.1) is 23.0 Å². The van der Waals surface area contributed by atoms with Gasteiger partial charge in [0.25, 0.3) is 5.91 Å². The highest BCUT2D eigenvalue weighted by Crippen LogP contribution is 2.29. The normalized spacial score (nSPS) is 14.6. The molecular formula is C21H11N3O2S2. The first-order valence-corrected chi connectivity index (χ1v) is 9.45. The van der Waals surface area contributed by atoms with Crippen LogP contribution in [0.4, 0.5) is 0 Å². The van der Waals surface area contributed by atoms with E-state index in [0.717, 1.165) is 16.5 Å². The number of hydrogen-bond donors (Lipinski definition) is 1. The van der Waals surface area contributed by atoms with Gasteiger partial charge in [-0.3, -0.25) is 9.78 Å². The summed E-state index contributed by atoms with van der Waals surface area (Å²) >= 11 is 6.20. The number of fused-ring (bicyclic) bond motifs is 1. The van der Waals surface area contributed by atoms with Crippen LogP contribution in [-0.4, -0.2) is 15.2 Å². The molecule has 4 rings (SSSR count). The number of thioether (sulfide) groups is 1. The number of amides is 1. The maximum atomic E-state index is 11.8. The molecule has 134 valence electrons. The molecule has 1 amide bonds. The van der Waals surface area contributed by atoms with Crippen LogP contribution >= 0.6 is 24.0 Å². The number of thiocarbonyl (C=S) groups is 1. The number of nitrogens with one attached hydrogen (secondary N) is 1. The molecule has 7 heteroatoms. The lowest BCUT2D eigenvalue weighted by Gasteiger charge is -1.95. The van der Waals surface area contributed by atoms with Crippen molar-refractivity contribution in [2.75, 3.05) is 0 Å². The van der Waals surface area contributed by atoms with E-state index >= 15 is 0 Å². The molecule has 3 aromatic rings. The number of furan rings is 1. The molecule has 28 heavy (non-hydrogen) atoms. The SMILES string of the molecule is N#CCc1ccc(C#Cc2cncc3cc(C=C4SC(=S)NC4=O)oc23)cc1. The summed E-state index contributed by atoms with van der Waals surface area (Å²) in [5.74, 6) is 6.47.